The van der Waals surface area contributed by atoms with Crippen molar-refractivity contribution in [3.05, 3.63) is 59.7 Å². The van der Waals surface area contributed by atoms with E-state index in [1.165, 1.54) is 48.4 Å². The fourth-order valence-corrected chi connectivity index (χ4v) is 2.90. The predicted molar refractivity (Wildman–Crippen MR) is 92.5 cm³/mol. The minimum absolute atomic E-state index is 0.601. The van der Waals surface area contributed by atoms with Gasteiger partial charge < -0.3 is 10.6 Å². The molecule has 1 heterocycles. The van der Waals surface area contributed by atoms with Crippen molar-refractivity contribution in [2.24, 2.45) is 5.73 Å². The van der Waals surface area contributed by atoms with Gasteiger partial charge in [-0.25, -0.2) is 0 Å². The second kappa shape index (κ2) is 7.05. The summed E-state index contributed by atoms with van der Waals surface area (Å²) in [5.74, 6) is 0. The number of rotatable bonds is 4. The molecule has 3 nitrogen and oxygen atoms in total. The molecule has 0 spiro atoms. The van der Waals surface area contributed by atoms with E-state index in [2.05, 4.69) is 65.4 Å². The van der Waals surface area contributed by atoms with Crippen LogP contribution in [0.25, 0.3) is 11.1 Å². The molecule has 116 valence electrons. The molecule has 3 rings (SSSR count). The van der Waals surface area contributed by atoms with Gasteiger partial charge in [-0.3, -0.25) is 4.90 Å². The number of nitrogens with zero attached hydrogens (tertiary/aromatic N) is 2. The molecule has 1 saturated heterocycles. The molecule has 0 aliphatic carbocycles. The highest BCUT2D eigenvalue weighted by atomic mass is 15.2. The summed E-state index contributed by atoms with van der Waals surface area (Å²) in [6.07, 6.45) is 0. The summed E-state index contributed by atoms with van der Waals surface area (Å²) in [7, 11) is 2.20. The van der Waals surface area contributed by atoms with E-state index in [9.17, 15) is 0 Å². The molecule has 2 aromatic carbocycles. The van der Waals surface area contributed by atoms with Gasteiger partial charge >= 0.3 is 0 Å². The van der Waals surface area contributed by atoms with Crippen LogP contribution in [-0.2, 0) is 13.1 Å². The molecule has 22 heavy (non-hydrogen) atoms. The third-order valence-corrected chi connectivity index (χ3v) is 4.48. The van der Waals surface area contributed by atoms with Crippen molar-refractivity contribution in [3.63, 3.8) is 0 Å². The minimum Gasteiger partial charge on any atom is -0.326 e. The number of hydrogen-bond acceptors (Lipinski definition) is 3. The highest BCUT2D eigenvalue weighted by Gasteiger charge is 2.13. The maximum atomic E-state index is 5.65. The van der Waals surface area contributed by atoms with E-state index >= 15 is 0 Å². The molecule has 1 aliphatic rings. The van der Waals surface area contributed by atoms with Gasteiger partial charge in [-0.2, -0.15) is 0 Å². The van der Waals surface area contributed by atoms with Crippen LogP contribution in [0.4, 0.5) is 0 Å². The van der Waals surface area contributed by atoms with Gasteiger partial charge in [-0.1, -0.05) is 48.5 Å². The van der Waals surface area contributed by atoms with Gasteiger partial charge in [-0.15, -0.1) is 0 Å². The van der Waals surface area contributed by atoms with E-state index in [0.29, 0.717) is 6.54 Å². The summed E-state index contributed by atoms with van der Waals surface area (Å²) in [6.45, 7) is 6.33. The molecule has 1 aliphatic heterocycles. The number of benzene rings is 2. The summed E-state index contributed by atoms with van der Waals surface area (Å²) in [6, 6.07) is 17.5. The smallest absolute Gasteiger partial charge is 0.0234 e. The number of piperazine rings is 1. The van der Waals surface area contributed by atoms with Gasteiger partial charge in [0.05, 0.1) is 0 Å². The molecule has 0 atom stereocenters. The molecule has 1 fully saturated rings. The van der Waals surface area contributed by atoms with Gasteiger partial charge in [0.2, 0.25) is 0 Å². The molecule has 0 radical (unpaired) electrons. The molecule has 0 saturated carbocycles. The number of hydrogen-bond donors (Lipinski definition) is 1. The van der Waals surface area contributed by atoms with E-state index in [0.717, 1.165) is 6.54 Å². The molecular weight excluding hydrogens is 270 g/mol. The first-order chi connectivity index (χ1) is 10.7. The molecule has 2 N–H and O–H groups in total. The summed E-state index contributed by atoms with van der Waals surface area (Å²) >= 11 is 0. The maximum Gasteiger partial charge on any atom is 0.0234 e. The molecule has 3 heteroatoms. The largest absolute Gasteiger partial charge is 0.326 e. The third-order valence-electron chi connectivity index (χ3n) is 4.48. The van der Waals surface area contributed by atoms with Crippen LogP contribution in [0.5, 0.6) is 0 Å². The zero-order valence-electron chi connectivity index (χ0n) is 13.3. The van der Waals surface area contributed by atoms with Gasteiger partial charge in [0.15, 0.2) is 0 Å². The maximum absolute atomic E-state index is 5.65. The van der Waals surface area contributed by atoms with Crippen LogP contribution in [-0.4, -0.2) is 43.0 Å². The first-order valence-corrected chi connectivity index (χ1v) is 8.04. The second-order valence-corrected chi connectivity index (χ2v) is 6.18. The second-order valence-electron chi connectivity index (χ2n) is 6.18. The Morgan fingerprint density at radius 2 is 1.27 bits per heavy atom. The Kier molecular flexibility index (Phi) is 4.88. The van der Waals surface area contributed by atoms with Gasteiger partial charge in [-0.05, 0) is 29.3 Å². The van der Waals surface area contributed by atoms with Crippen LogP contribution in [0.15, 0.2) is 48.5 Å². The zero-order chi connectivity index (χ0) is 15.4. The van der Waals surface area contributed by atoms with Crippen LogP contribution in [0, 0.1) is 0 Å². The monoisotopic (exact) mass is 295 g/mol. The van der Waals surface area contributed by atoms with Crippen LogP contribution < -0.4 is 5.73 Å². The third kappa shape index (κ3) is 3.74. The Morgan fingerprint density at radius 1 is 0.773 bits per heavy atom. The standard InChI is InChI=1S/C19H25N3/c1-21-10-12-22(13-11-21)15-17-4-8-19(9-5-17)18-6-2-16(14-20)3-7-18/h2-9H,10-15,20H2,1H3. The Morgan fingerprint density at radius 3 is 1.77 bits per heavy atom. The zero-order valence-corrected chi connectivity index (χ0v) is 13.3. The fourth-order valence-electron chi connectivity index (χ4n) is 2.90. The van der Waals surface area contributed by atoms with Crippen LogP contribution in [0.3, 0.4) is 0 Å². The summed E-state index contributed by atoms with van der Waals surface area (Å²) in [5.41, 5.74) is 10.7. The minimum atomic E-state index is 0.601. The molecular formula is C19H25N3. The fraction of sp³-hybridized carbons (Fsp3) is 0.368. The highest BCUT2D eigenvalue weighted by molar-refractivity contribution is 5.63. The SMILES string of the molecule is CN1CCN(Cc2ccc(-c3ccc(CN)cc3)cc2)CC1. The first kappa shape index (κ1) is 15.2. The Hall–Kier alpha value is -1.68. The Bertz CT molecular complexity index is 581. The van der Waals surface area contributed by atoms with Crippen molar-refractivity contribution in [3.8, 4) is 11.1 Å². The average Bonchev–Trinajstić information content (AvgIpc) is 2.58. The van der Waals surface area contributed by atoms with Crippen LogP contribution in [0.2, 0.25) is 0 Å². The first-order valence-electron chi connectivity index (χ1n) is 8.04. The molecule has 2 aromatic rings. The molecule has 0 amide bonds. The van der Waals surface area contributed by atoms with E-state index in [1.54, 1.807) is 0 Å². The number of likely N-dealkylation sites (N-methyl/N-ethyl adjacent to an activating group) is 1. The predicted octanol–water partition coefficient (Wildman–Crippen LogP) is 2.56. The highest BCUT2D eigenvalue weighted by Crippen LogP contribution is 2.21. The molecule has 0 unspecified atom stereocenters. The lowest BCUT2D eigenvalue weighted by molar-refractivity contribution is 0.148. The van der Waals surface area contributed by atoms with E-state index < -0.39 is 0 Å². The quantitative estimate of drug-likeness (QED) is 0.941. The Balaban J connectivity index is 1.64. The van der Waals surface area contributed by atoms with Crippen LogP contribution >= 0.6 is 0 Å². The lowest BCUT2D eigenvalue weighted by Crippen LogP contribution is -2.43. The summed E-state index contributed by atoms with van der Waals surface area (Å²) < 4.78 is 0. The normalized spacial score (nSPS) is 16.8. The lowest BCUT2D eigenvalue weighted by Gasteiger charge is -2.32. The average molecular weight is 295 g/mol. The summed E-state index contributed by atoms with van der Waals surface area (Å²) in [4.78, 5) is 4.93. The molecule has 0 aromatic heterocycles. The summed E-state index contributed by atoms with van der Waals surface area (Å²) in [5, 5.41) is 0. The van der Waals surface area contributed by atoms with E-state index in [-0.39, 0.29) is 0 Å². The van der Waals surface area contributed by atoms with Crippen molar-refractivity contribution in [2.45, 2.75) is 13.1 Å². The lowest BCUT2D eigenvalue weighted by atomic mass is 10.0. The topological polar surface area (TPSA) is 32.5 Å². The van der Waals surface area contributed by atoms with Gasteiger partial charge in [0.25, 0.3) is 0 Å². The van der Waals surface area contributed by atoms with Crippen molar-refractivity contribution in [1.29, 1.82) is 0 Å². The van der Waals surface area contributed by atoms with E-state index in [4.69, 9.17) is 5.73 Å². The number of nitrogens with two attached hydrogens (primary N) is 1. The van der Waals surface area contributed by atoms with E-state index in [1.807, 2.05) is 0 Å². The molecule has 0 bridgehead atoms. The van der Waals surface area contributed by atoms with Crippen molar-refractivity contribution < 1.29 is 0 Å². The Labute approximate surface area is 133 Å². The van der Waals surface area contributed by atoms with Gasteiger partial charge in [0.1, 0.15) is 0 Å². The van der Waals surface area contributed by atoms with Gasteiger partial charge in [0, 0.05) is 39.3 Å². The van der Waals surface area contributed by atoms with Crippen molar-refractivity contribution >= 4 is 0 Å². The van der Waals surface area contributed by atoms with Crippen molar-refractivity contribution in [1.82, 2.24) is 9.80 Å². The van der Waals surface area contributed by atoms with Crippen molar-refractivity contribution in [2.75, 3.05) is 33.2 Å². The van der Waals surface area contributed by atoms with Crippen LogP contribution in [0.1, 0.15) is 11.1 Å².